The van der Waals surface area contributed by atoms with Crippen LogP contribution in [0.15, 0.2) is 24.3 Å². The number of aliphatic hydroxyl groups is 1. The van der Waals surface area contributed by atoms with Crippen LogP contribution in [0.4, 0.5) is 14.5 Å². The van der Waals surface area contributed by atoms with E-state index in [0.717, 1.165) is 0 Å². The van der Waals surface area contributed by atoms with Gasteiger partial charge in [-0.1, -0.05) is 11.6 Å². The van der Waals surface area contributed by atoms with E-state index in [4.69, 9.17) is 16.3 Å². The number of methoxy groups -OCH3 is 1. The second-order valence-electron chi connectivity index (χ2n) is 5.65. The number of halogens is 3. The van der Waals surface area contributed by atoms with Crippen LogP contribution < -0.4 is 5.32 Å². The van der Waals surface area contributed by atoms with E-state index in [2.05, 4.69) is 10.3 Å². The topological polar surface area (TPSA) is 54.4 Å². The van der Waals surface area contributed by atoms with Gasteiger partial charge in [-0.25, -0.2) is 13.8 Å². The van der Waals surface area contributed by atoms with Gasteiger partial charge in [0.2, 0.25) is 0 Å². The van der Waals surface area contributed by atoms with Gasteiger partial charge in [0.15, 0.2) is 0 Å². The van der Waals surface area contributed by atoms with E-state index in [0.29, 0.717) is 34.6 Å². The lowest BCUT2D eigenvalue weighted by Gasteiger charge is -2.24. The molecule has 0 fully saturated rings. The van der Waals surface area contributed by atoms with Gasteiger partial charge in [0.25, 0.3) is 6.43 Å². The highest BCUT2D eigenvalue weighted by molar-refractivity contribution is 6.31. The third-order valence-corrected chi connectivity index (χ3v) is 3.75. The molecule has 0 radical (unpaired) electrons. The van der Waals surface area contributed by atoms with Crippen molar-refractivity contribution in [2.45, 2.75) is 25.4 Å². The third kappa shape index (κ3) is 4.73. The molecule has 0 aliphatic rings. The molecule has 2 aromatic rings. The van der Waals surface area contributed by atoms with Crippen molar-refractivity contribution >= 4 is 28.2 Å². The number of hydrogen-bond donors (Lipinski definition) is 2. The highest BCUT2D eigenvalue weighted by atomic mass is 35.5. The van der Waals surface area contributed by atoms with Gasteiger partial charge in [0.05, 0.1) is 11.1 Å². The zero-order valence-electron chi connectivity index (χ0n) is 12.9. The Labute approximate surface area is 138 Å². The molecule has 1 aromatic heterocycles. The summed E-state index contributed by atoms with van der Waals surface area (Å²) >= 11 is 5.98. The van der Waals surface area contributed by atoms with Crippen molar-refractivity contribution in [1.82, 2.24) is 4.98 Å². The molecule has 0 saturated carbocycles. The van der Waals surface area contributed by atoms with Crippen molar-refractivity contribution in [1.29, 1.82) is 0 Å². The zero-order valence-corrected chi connectivity index (χ0v) is 13.7. The summed E-state index contributed by atoms with van der Waals surface area (Å²) in [5.41, 5.74) is -0.467. The number of aromatic nitrogens is 1. The van der Waals surface area contributed by atoms with Gasteiger partial charge >= 0.3 is 0 Å². The van der Waals surface area contributed by atoms with E-state index in [1.165, 1.54) is 6.07 Å². The van der Waals surface area contributed by atoms with Crippen molar-refractivity contribution in [3.05, 3.63) is 35.0 Å². The standard InChI is InChI=1S/C16H19ClF2N2O2/c1-16(22,5-6-23-2)9-20-13-8-14(15(18)19)21-12-4-3-10(17)7-11(12)13/h3-4,7-8,15,22H,5-6,9H2,1-2H3,(H,20,21). The molecule has 0 aliphatic heterocycles. The molecule has 0 saturated heterocycles. The molecule has 0 aliphatic carbocycles. The number of ether oxygens (including phenoxy) is 1. The molecule has 0 spiro atoms. The second-order valence-corrected chi connectivity index (χ2v) is 6.09. The number of nitrogens with one attached hydrogen (secondary N) is 1. The van der Waals surface area contributed by atoms with Crippen LogP contribution >= 0.6 is 11.6 Å². The van der Waals surface area contributed by atoms with Gasteiger partial charge in [-0.3, -0.25) is 0 Å². The van der Waals surface area contributed by atoms with E-state index in [1.807, 2.05) is 0 Å². The number of alkyl halides is 2. The van der Waals surface area contributed by atoms with E-state index in [9.17, 15) is 13.9 Å². The minimum Gasteiger partial charge on any atom is -0.388 e. The summed E-state index contributed by atoms with van der Waals surface area (Å²) in [7, 11) is 1.55. The molecule has 7 heteroatoms. The monoisotopic (exact) mass is 344 g/mol. The Bertz CT molecular complexity index is 680. The van der Waals surface area contributed by atoms with Crippen LogP contribution in [0.5, 0.6) is 0 Å². The highest BCUT2D eigenvalue weighted by Crippen LogP contribution is 2.30. The number of anilines is 1. The van der Waals surface area contributed by atoms with Crippen molar-refractivity contribution in [3.63, 3.8) is 0 Å². The first-order valence-corrected chi connectivity index (χ1v) is 7.54. The van der Waals surface area contributed by atoms with Crippen molar-refractivity contribution in [2.24, 2.45) is 0 Å². The molecule has 23 heavy (non-hydrogen) atoms. The lowest BCUT2D eigenvalue weighted by Crippen LogP contribution is -2.34. The van der Waals surface area contributed by atoms with Crippen LogP contribution in [0.1, 0.15) is 25.5 Å². The van der Waals surface area contributed by atoms with Gasteiger partial charge < -0.3 is 15.2 Å². The fourth-order valence-corrected chi connectivity index (χ4v) is 2.34. The highest BCUT2D eigenvalue weighted by Gasteiger charge is 2.21. The number of pyridine rings is 1. The minimum atomic E-state index is -2.68. The summed E-state index contributed by atoms with van der Waals surface area (Å²) in [5.74, 6) is 0. The summed E-state index contributed by atoms with van der Waals surface area (Å²) < 4.78 is 31.0. The van der Waals surface area contributed by atoms with Crippen LogP contribution in [-0.2, 0) is 4.74 Å². The third-order valence-electron chi connectivity index (χ3n) is 3.52. The Balaban J connectivity index is 2.32. The van der Waals surface area contributed by atoms with Crippen molar-refractivity contribution in [2.75, 3.05) is 25.6 Å². The maximum atomic E-state index is 13.0. The molecule has 0 bridgehead atoms. The fourth-order valence-electron chi connectivity index (χ4n) is 2.17. The number of hydrogen-bond acceptors (Lipinski definition) is 4. The molecule has 2 rings (SSSR count). The molecular weight excluding hydrogens is 326 g/mol. The second kappa shape index (κ2) is 7.38. The van der Waals surface area contributed by atoms with Crippen LogP contribution in [0.3, 0.4) is 0 Å². The average molecular weight is 345 g/mol. The Morgan fingerprint density at radius 3 is 2.78 bits per heavy atom. The van der Waals surface area contributed by atoms with Crippen LogP contribution in [0, 0.1) is 0 Å². The van der Waals surface area contributed by atoms with Crippen molar-refractivity contribution < 1.29 is 18.6 Å². The molecule has 0 amide bonds. The first kappa shape index (κ1) is 17.8. The van der Waals surface area contributed by atoms with Gasteiger partial charge in [-0.2, -0.15) is 0 Å². The van der Waals surface area contributed by atoms with Crippen LogP contribution in [0.25, 0.3) is 10.9 Å². The maximum absolute atomic E-state index is 13.0. The zero-order chi connectivity index (χ0) is 17.0. The molecule has 1 aromatic carbocycles. The summed E-state index contributed by atoms with van der Waals surface area (Å²) in [6.07, 6.45) is -2.26. The minimum absolute atomic E-state index is 0.185. The lowest BCUT2D eigenvalue weighted by atomic mass is 10.0. The number of benzene rings is 1. The SMILES string of the molecule is COCCC(C)(O)CNc1cc(C(F)F)nc2ccc(Cl)cc12. The summed E-state index contributed by atoms with van der Waals surface area (Å²) in [6.45, 7) is 2.24. The largest absolute Gasteiger partial charge is 0.388 e. The quantitative estimate of drug-likeness (QED) is 0.796. The molecule has 4 nitrogen and oxygen atoms in total. The van der Waals surface area contributed by atoms with Crippen LogP contribution in [0.2, 0.25) is 5.02 Å². The molecule has 2 N–H and O–H groups in total. The first-order valence-electron chi connectivity index (χ1n) is 7.16. The van der Waals surface area contributed by atoms with Crippen LogP contribution in [-0.4, -0.2) is 36.0 Å². The van der Waals surface area contributed by atoms with Gasteiger partial charge in [-0.05, 0) is 31.2 Å². The number of fused-ring (bicyclic) bond motifs is 1. The Morgan fingerprint density at radius 2 is 2.13 bits per heavy atom. The van der Waals surface area contributed by atoms with E-state index < -0.39 is 12.0 Å². The summed E-state index contributed by atoms with van der Waals surface area (Å²) in [4.78, 5) is 3.94. The van der Waals surface area contributed by atoms with E-state index in [-0.39, 0.29) is 12.2 Å². The first-order chi connectivity index (χ1) is 10.8. The van der Waals surface area contributed by atoms with Gasteiger partial charge in [0, 0.05) is 42.8 Å². The average Bonchev–Trinajstić information content (AvgIpc) is 2.50. The molecule has 1 atom stereocenters. The number of nitrogens with zero attached hydrogens (tertiary/aromatic N) is 1. The normalized spacial score (nSPS) is 14.2. The van der Waals surface area contributed by atoms with E-state index >= 15 is 0 Å². The Hall–Kier alpha value is -1.50. The summed E-state index contributed by atoms with van der Waals surface area (Å²) in [6, 6.07) is 6.14. The van der Waals surface area contributed by atoms with Gasteiger partial charge in [0.1, 0.15) is 5.69 Å². The molecular formula is C16H19ClF2N2O2. The molecule has 1 unspecified atom stereocenters. The Morgan fingerprint density at radius 1 is 1.39 bits per heavy atom. The fraction of sp³-hybridized carbons (Fsp3) is 0.438. The number of rotatable bonds is 7. The molecule has 126 valence electrons. The van der Waals surface area contributed by atoms with Gasteiger partial charge in [-0.15, -0.1) is 0 Å². The van der Waals surface area contributed by atoms with Crippen molar-refractivity contribution in [3.8, 4) is 0 Å². The van der Waals surface area contributed by atoms with E-state index in [1.54, 1.807) is 32.2 Å². The lowest BCUT2D eigenvalue weighted by molar-refractivity contribution is 0.0358. The predicted molar refractivity (Wildman–Crippen MR) is 87.3 cm³/mol. The summed E-state index contributed by atoms with van der Waals surface area (Å²) in [5, 5.41) is 14.4. The predicted octanol–water partition coefficient (Wildman–Crippen LogP) is 4.03. The Kier molecular flexibility index (Phi) is 5.73. The maximum Gasteiger partial charge on any atom is 0.280 e. The smallest absolute Gasteiger partial charge is 0.280 e. The molecule has 1 heterocycles.